The largest absolute Gasteiger partial charge is 0.496 e. The van der Waals surface area contributed by atoms with Gasteiger partial charge in [-0.1, -0.05) is 4.49 Å². The first-order chi connectivity index (χ1) is 7.72. The second kappa shape index (κ2) is 4.36. The molecule has 0 bridgehead atoms. The van der Waals surface area contributed by atoms with Gasteiger partial charge in [-0.05, 0) is 29.7 Å². The number of halogens is 1. The number of hydrogen-bond donors (Lipinski definition) is 0. The van der Waals surface area contributed by atoms with Gasteiger partial charge in [-0.25, -0.2) is 4.39 Å². The monoisotopic (exact) mass is 238 g/mol. The normalized spacial score (nSPS) is 10.1. The number of nitrogens with zero attached hydrogens (tertiary/aromatic N) is 2. The topological polar surface area (TPSA) is 52.1 Å². The lowest BCUT2D eigenvalue weighted by atomic mass is 10.1. The summed E-state index contributed by atoms with van der Waals surface area (Å²) in [4.78, 5) is 11.9. The predicted octanol–water partition coefficient (Wildman–Crippen LogP) is 1.92. The summed E-state index contributed by atoms with van der Waals surface area (Å²) in [5, 5.41) is 5.15. The van der Waals surface area contributed by atoms with Crippen LogP contribution in [0.1, 0.15) is 16.1 Å². The standard InChI is InChI=1S/C10H7FN2O2S/c1-15-9-3-2-6(11)4-7(9)10(14)8-5-16-13-12-8/h2-5H,1H3. The molecule has 0 aliphatic carbocycles. The molecule has 0 atom stereocenters. The van der Waals surface area contributed by atoms with Gasteiger partial charge >= 0.3 is 0 Å². The van der Waals surface area contributed by atoms with Crippen molar-refractivity contribution in [1.29, 1.82) is 0 Å². The summed E-state index contributed by atoms with van der Waals surface area (Å²) in [5.41, 5.74) is 0.337. The highest BCUT2D eigenvalue weighted by molar-refractivity contribution is 7.03. The summed E-state index contributed by atoms with van der Waals surface area (Å²) < 4.78 is 21.6. The molecule has 0 saturated heterocycles. The van der Waals surface area contributed by atoms with Crippen LogP contribution in [0.4, 0.5) is 4.39 Å². The van der Waals surface area contributed by atoms with Gasteiger partial charge < -0.3 is 4.74 Å². The van der Waals surface area contributed by atoms with E-state index in [2.05, 4.69) is 9.59 Å². The Morgan fingerprint density at radius 3 is 2.94 bits per heavy atom. The minimum Gasteiger partial charge on any atom is -0.496 e. The smallest absolute Gasteiger partial charge is 0.217 e. The summed E-state index contributed by atoms with van der Waals surface area (Å²) in [6.07, 6.45) is 0. The molecule has 0 fully saturated rings. The number of aromatic nitrogens is 2. The summed E-state index contributed by atoms with van der Waals surface area (Å²) >= 11 is 1.06. The average molecular weight is 238 g/mol. The second-order valence-corrected chi connectivity index (χ2v) is 3.57. The Morgan fingerprint density at radius 2 is 2.31 bits per heavy atom. The molecule has 0 aliphatic heterocycles. The average Bonchev–Trinajstić information content (AvgIpc) is 2.81. The van der Waals surface area contributed by atoms with Gasteiger partial charge in [-0.15, -0.1) is 5.10 Å². The van der Waals surface area contributed by atoms with Crippen LogP contribution in [-0.2, 0) is 0 Å². The van der Waals surface area contributed by atoms with E-state index in [0.29, 0.717) is 5.75 Å². The lowest BCUT2D eigenvalue weighted by Gasteiger charge is -2.05. The molecule has 1 heterocycles. The third-order valence-corrected chi connectivity index (χ3v) is 2.50. The molecule has 82 valence electrons. The van der Waals surface area contributed by atoms with Crippen molar-refractivity contribution in [2.75, 3.05) is 7.11 Å². The van der Waals surface area contributed by atoms with Crippen molar-refractivity contribution >= 4 is 17.3 Å². The molecule has 4 nitrogen and oxygen atoms in total. The third-order valence-electron chi connectivity index (χ3n) is 2.00. The van der Waals surface area contributed by atoms with E-state index < -0.39 is 11.6 Å². The van der Waals surface area contributed by atoms with Crippen molar-refractivity contribution < 1.29 is 13.9 Å². The number of ketones is 1. The molecule has 16 heavy (non-hydrogen) atoms. The van der Waals surface area contributed by atoms with Crippen LogP contribution in [0.5, 0.6) is 5.75 Å². The lowest BCUT2D eigenvalue weighted by molar-refractivity contribution is 0.103. The SMILES string of the molecule is COc1ccc(F)cc1C(=O)c1csnn1. The number of methoxy groups -OCH3 is 1. The fourth-order valence-electron chi connectivity index (χ4n) is 1.26. The first kappa shape index (κ1) is 10.7. The van der Waals surface area contributed by atoms with Gasteiger partial charge in [-0.3, -0.25) is 4.79 Å². The van der Waals surface area contributed by atoms with Crippen LogP contribution < -0.4 is 4.74 Å². The first-order valence-electron chi connectivity index (χ1n) is 4.37. The fraction of sp³-hybridized carbons (Fsp3) is 0.100. The maximum absolute atomic E-state index is 13.0. The van der Waals surface area contributed by atoms with Gasteiger partial charge in [0, 0.05) is 5.38 Å². The maximum atomic E-state index is 13.0. The summed E-state index contributed by atoms with van der Waals surface area (Å²) in [5.74, 6) is -0.572. The van der Waals surface area contributed by atoms with E-state index in [-0.39, 0.29) is 11.3 Å². The molecular weight excluding hydrogens is 231 g/mol. The molecule has 0 saturated carbocycles. The van der Waals surface area contributed by atoms with Crippen LogP contribution >= 0.6 is 11.5 Å². The quantitative estimate of drug-likeness (QED) is 0.766. The van der Waals surface area contributed by atoms with E-state index in [1.165, 1.54) is 24.6 Å². The van der Waals surface area contributed by atoms with Crippen molar-refractivity contribution in [2.24, 2.45) is 0 Å². The van der Waals surface area contributed by atoms with Gasteiger partial charge in [0.05, 0.1) is 12.7 Å². The molecule has 2 aromatic rings. The van der Waals surface area contributed by atoms with Crippen LogP contribution in [0.15, 0.2) is 23.6 Å². The maximum Gasteiger partial charge on any atom is 0.217 e. The molecule has 1 aromatic carbocycles. The summed E-state index contributed by atoms with van der Waals surface area (Å²) in [7, 11) is 1.42. The van der Waals surface area contributed by atoms with Crippen LogP contribution in [0.3, 0.4) is 0 Å². The predicted molar refractivity (Wildman–Crippen MR) is 56.3 cm³/mol. The highest BCUT2D eigenvalue weighted by atomic mass is 32.1. The Kier molecular flexibility index (Phi) is 2.91. The van der Waals surface area contributed by atoms with Crippen molar-refractivity contribution in [3.05, 3.63) is 40.7 Å². The van der Waals surface area contributed by atoms with E-state index in [1.807, 2.05) is 0 Å². The molecule has 0 unspecified atom stereocenters. The molecule has 0 amide bonds. The number of ether oxygens (including phenoxy) is 1. The number of hydrogen-bond acceptors (Lipinski definition) is 5. The Labute approximate surface area is 94.8 Å². The molecule has 0 radical (unpaired) electrons. The number of carbonyl (C=O) groups excluding carboxylic acids is 1. The van der Waals surface area contributed by atoms with E-state index in [1.54, 1.807) is 0 Å². The van der Waals surface area contributed by atoms with E-state index in [0.717, 1.165) is 17.6 Å². The summed E-state index contributed by atoms with van der Waals surface area (Å²) in [6, 6.07) is 3.76. The molecule has 0 spiro atoms. The molecule has 2 rings (SSSR count). The zero-order valence-electron chi connectivity index (χ0n) is 8.31. The minimum absolute atomic E-state index is 0.148. The summed E-state index contributed by atoms with van der Waals surface area (Å²) in [6.45, 7) is 0. The Balaban J connectivity index is 2.47. The minimum atomic E-state index is -0.493. The van der Waals surface area contributed by atoms with Crippen LogP contribution in [-0.4, -0.2) is 22.5 Å². The Morgan fingerprint density at radius 1 is 1.50 bits per heavy atom. The first-order valence-corrected chi connectivity index (χ1v) is 5.21. The van der Waals surface area contributed by atoms with Gasteiger partial charge in [0.2, 0.25) is 5.78 Å². The Hall–Kier alpha value is -1.82. The van der Waals surface area contributed by atoms with Crippen LogP contribution in [0, 0.1) is 5.82 Å². The van der Waals surface area contributed by atoms with Crippen molar-refractivity contribution in [2.45, 2.75) is 0 Å². The molecule has 0 N–H and O–H groups in total. The number of carbonyl (C=O) groups is 1. The fourth-order valence-corrected chi connectivity index (χ4v) is 1.70. The van der Waals surface area contributed by atoms with E-state index >= 15 is 0 Å². The number of benzene rings is 1. The van der Waals surface area contributed by atoms with E-state index in [9.17, 15) is 9.18 Å². The zero-order chi connectivity index (χ0) is 11.5. The van der Waals surface area contributed by atoms with Gasteiger partial charge in [0.15, 0.2) is 0 Å². The van der Waals surface area contributed by atoms with Gasteiger partial charge in [-0.2, -0.15) is 0 Å². The second-order valence-electron chi connectivity index (χ2n) is 2.96. The highest BCUT2D eigenvalue weighted by Crippen LogP contribution is 2.22. The lowest BCUT2D eigenvalue weighted by Crippen LogP contribution is -2.05. The molecule has 6 heteroatoms. The van der Waals surface area contributed by atoms with Crippen molar-refractivity contribution in [3.8, 4) is 5.75 Å². The zero-order valence-corrected chi connectivity index (χ0v) is 9.12. The molecule has 0 aliphatic rings. The van der Waals surface area contributed by atoms with Crippen molar-refractivity contribution in [3.63, 3.8) is 0 Å². The van der Waals surface area contributed by atoms with Crippen molar-refractivity contribution in [1.82, 2.24) is 9.59 Å². The third kappa shape index (κ3) is 1.92. The van der Waals surface area contributed by atoms with E-state index in [4.69, 9.17) is 4.74 Å². The van der Waals surface area contributed by atoms with Gasteiger partial charge in [0.1, 0.15) is 17.3 Å². The molecular formula is C10H7FN2O2S. The van der Waals surface area contributed by atoms with Crippen LogP contribution in [0.25, 0.3) is 0 Å². The number of rotatable bonds is 3. The highest BCUT2D eigenvalue weighted by Gasteiger charge is 2.17. The van der Waals surface area contributed by atoms with Gasteiger partial charge in [0.25, 0.3) is 0 Å². The molecule has 1 aromatic heterocycles. The van der Waals surface area contributed by atoms with Crippen LogP contribution in [0.2, 0.25) is 0 Å². The Bertz CT molecular complexity index is 514.